The Morgan fingerprint density at radius 1 is 1.25 bits per heavy atom. The molecule has 0 bridgehead atoms. The minimum absolute atomic E-state index is 0.0265. The van der Waals surface area contributed by atoms with Crippen LogP contribution in [0.1, 0.15) is 0 Å². The summed E-state index contributed by atoms with van der Waals surface area (Å²) in [7, 11) is 1.60. The SMILES string of the molecule is COc1cccc(-c2ccc(=O)n(CC(=O)N3CCSCC3)n2)c1. The molecule has 0 unspecified atom stereocenters. The number of rotatable bonds is 4. The molecule has 126 valence electrons. The molecule has 7 heteroatoms. The van der Waals surface area contributed by atoms with Gasteiger partial charge in [-0.1, -0.05) is 12.1 Å². The molecule has 0 N–H and O–H groups in total. The van der Waals surface area contributed by atoms with Crippen LogP contribution in [0.3, 0.4) is 0 Å². The van der Waals surface area contributed by atoms with Gasteiger partial charge in [-0.25, -0.2) is 4.68 Å². The summed E-state index contributed by atoms with van der Waals surface area (Å²) >= 11 is 1.84. The van der Waals surface area contributed by atoms with Crippen LogP contribution in [0, 0.1) is 0 Å². The van der Waals surface area contributed by atoms with E-state index in [-0.39, 0.29) is 18.0 Å². The maximum absolute atomic E-state index is 12.4. The highest BCUT2D eigenvalue weighted by molar-refractivity contribution is 7.99. The van der Waals surface area contributed by atoms with E-state index >= 15 is 0 Å². The van der Waals surface area contributed by atoms with Crippen LogP contribution in [0.4, 0.5) is 0 Å². The zero-order valence-corrected chi connectivity index (χ0v) is 14.3. The number of carbonyl (C=O) groups excluding carboxylic acids is 1. The van der Waals surface area contributed by atoms with Gasteiger partial charge in [0.2, 0.25) is 5.91 Å². The van der Waals surface area contributed by atoms with Crippen molar-refractivity contribution in [1.29, 1.82) is 0 Å². The Hall–Kier alpha value is -2.28. The second kappa shape index (κ2) is 7.53. The first kappa shape index (κ1) is 16.6. The van der Waals surface area contributed by atoms with Crippen molar-refractivity contribution in [3.63, 3.8) is 0 Å². The Kier molecular flexibility index (Phi) is 5.20. The molecule has 0 radical (unpaired) electrons. The molecule has 1 aromatic carbocycles. The fraction of sp³-hybridized carbons (Fsp3) is 0.353. The molecule has 0 saturated carbocycles. The molecule has 0 atom stereocenters. The van der Waals surface area contributed by atoms with Gasteiger partial charge in [-0.05, 0) is 18.2 Å². The van der Waals surface area contributed by atoms with E-state index < -0.39 is 0 Å². The topological polar surface area (TPSA) is 64.4 Å². The third kappa shape index (κ3) is 3.79. The second-order valence-corrected chi connectivity index (χ2v) is 6.66. The van der Waals surface area contributed by atoms with E-state index in [1.165, 1.54) is 10.7 Å². The molecule has 24 heavy (non-hydrogen) atoms. The molecule has 1 fully saturated rings. The first-order valence-corrected chi connectivity index (χ1v) is 8.91. The zero-order chi connectivity index (χ0) is 16.9. The highest BCUT2D eigenvalue weighted by Crippen LogP contribution is 2.21. The molecule has 1 aliphatic rings. The molecular formula is C17H19N3O3S. The number of aromatic nitrogens is 2. The largest absolute Gasteiger partial charge is 0.497 e. The van der Waals surface area contributed by atoms with Gasteiger partial charge in [-0.3, -0.25) is 9.59 Å². The van der Waals surface area contributed by atoms with E-state index in [1.807, 2.05) is 36.0 Å². The highest BCUT2D eigenvalue weighted by Gasteiger charge is 2.18. The third-order valence-corrected chi connectivity index (χ3v) is 4.82. The van der Waals surface area contributed by atoms with Gasteiger partial charge < -0.3 is 9.64 Å². The molecule has 1 aliphatic heterocycles. The van der Waals surface area contributed by atoms with Crippen LogP contribution >= 0.6 is 11.8 Å². The summed E-state index contributed by atoms with van der Waals surface area (Å²) in [6.07, 6.45) is 0. The molecule has 0 aliphatic carbocycles. The van der Waals surface area contributed by atoms with E-state index in [4.69, 9.17) is 4.74 Å². The molecule has 6 nitrogen and oxygen atoms in total. The van der Waals surface area contributed by atoms with Gasteiger partial charge in [-0.2, -0.15) is 16.9 Å². The van der Waals surface area contributed by atoms with E-state index in [0.29, 0.717) is 11.4 Å². The Bertz CT molecular complexity index is 785. The number of amides is 1. The Morgan fingerprint density at radius 2 is 2.04 bits per heavy atom. The van der Waals surface area contributed by atoms with Gasteiger partial charge in [0, 0.05) is 36.2 Å². The lowest BCUT2D eigenvalue weighted by atomic mass is 10.1. The first-order chi connectivity index (χ1) is 11.7. The summed E-state index contributed by atoms with van der Waals surface area (Å²) in [5.74, 6) is 2.54. The third-order valence-electron chi connectivity index (χ3n) is 3.88. The average Bonchev–Trinajstić information content (AvgIpc) is 2.64. The maximum Gasteiger partial charge on any atom is 0.267 e. The lowest BCUT2D eigenvalue weighted by Gasteiger charge is -2.26. The van der Waals surface area contributed by atoms with Crippen LogP contribution in [0.2, 0.25) is 0 Å². The summed E-state index contributed by atoms with van der Waals surface area (Å²) in [5, 5.41) is 4.35. The van der Waals surface area contributed by atoms with Crippen molar-refractivity contribution < 1.29 is 9.53 Å². The standard InChI is InChI=1S/C17H19N3O3S/c1-23-14-4-2-3-13(11-14)15-5-6-16(21)20(18-15)12-17(22)19-7-9-24-10-8-19/h2-6,11H,7-10,12H2,1H3. The monoisotopic (exact) mass is 345 g/mol. The lowest BCUT2D eigenvalue weighted by Crippen LogP contribution is -2.41. The van der Waals surface area contributed by atoms with Crippen molar-refractivity contribution in [1.82, 2.24) is 14.7 Å². The predicted octanol–water partition coefficient (Wildman–Crippen LogP) is 1.49. The van der Waals surface area contributed by atoms with Crippen molar-refractivity contribution in [2.45, 2.75) is 6.54 Å². The quantitative estimate of drug-likeness (QED) is 0.840. The highest BCUT2D eigenvalue weighted by atomic mass is 32.2. The molecule has 1 amide bonds. The second-order valence-electron chi connectivity index (χ2n) is 5.44. The van der Waals surface area contributed by atoms with Gasteiger partial charge in [0.1, 0.15) is 12.3 Å². The molecule has 2 aromatic rings. The minimum atomic E-state index is -0.276. The summed E-state index contributed by atoms with van der Waals surface area (Å²) in [4.78, 5) is 26.2. The number of nitrogens with zero attached hydrogens (tertiary/aromatic N) is 3. The molecule has 2 heterocycles. The average molecular weight is 345 g/mol. The van der Waals surface area contributed by atoms with E-state index in [1.54, 1.807) is 18.1 Å². The maximum atomic E-state index is 12.4. The van der Waals surface area contributed by atoms with Gasteiger partial charge in [-0.15, -0.1) is 0 Å². The van der Waals surface area contributed by atoms with Crippen molar-refractivity contribution in [3.8, 4) is 17.0 Å². The van der Waals surface area contributed by atoms with Crippen molar-refractivity contribution >= 4 is 17.7 Å². The van der Waals surface area contributed by atoms with Crippen molar-refractivity contribution in [3.05, 3.63) is 46.8 Å². The number of hydrogen-bond donors (Lipinski definition) is 0. The van der Waals surface area contributed by atoms with E-state index in [2.05, 4.69) is 5.10 Å². The molecule has 0 spiro atoms. The number of methoxy groups -OCH3 is 1. The number of thioether (sulfide) groups is 1. The van der Waals surface area contributed by atoms with Crippen LogP contribution in [0.15, 0.2) is 41.2 Å². The van der Waals surface area contributed by atoms with Crippen LogP contribution < -0.4 is 10.3 Å². The van der Waals surface area contributed by atoms with Crippen LogP contribution in [-0.2, 0) is 11.3 Å². The zero-order valence-electron chi connectivity index (χ0n) is 13.5. The number of benzene rings is 1. The van der Waals surface area contributed by atoms with Gasteiger partial charge in [0.05, 0.1) is 12.8 Å². The lowest BCUT2D eigenvalue weighted by molar-refractivity contribution is -0.131. The first-order valence-electron chi connectivity index (χ1n) is 7.75. The smallest absolute Gasteiger partial charge is 0.267 e. The number of hydrogen-bond acceptors (Lipinski definition) is 5. The van der Waals surface area contributed by atoms with Crippen LogP contribution in [0.25, 0.3) is 11.3 Å². The summed E-state index contributed by atoms with van der Waals surface area (Å²) in [5.41, 5.74) is 1.20. The van der Waals surface area contributed by atoms with Crippen LogP contribution in [0.5, 0.6) is 5.75 Å². The van der Waals surface area contributed by atoms with Crippen molar-refractivity contribution in [2.24, 2.45) is 0 Å². The fourth-order valence-electron chi connectivity index (χ4n) is 2.54. The normalized spacial score (nSPS) is 14.5. The summed E-state index contributed by atoms with van der Waals surface area (Å²) < 4.78 is 6.45. The Morgan fingerprint density at radius 3 is 2.79 bits per heavy atom. The van der Waals surface area contributed by atoms with Crippen molar-refractivity contribution in [2.75, 3.05) is 31.7 Å². The van der Waals surface area contributed by atoms with E-state index in [0.717, 1.165) is 30.2 Å². The summed E-state index contributed by atoms with van der Waals surface area (Å²) in [6, 6.07) is 10.6. The Balaban J connectivity index is 1.83. The predicted molar refractivity (Wildman–Crippen MR) is 94.4 cm³/mol. The van der Waals surface area contributed by atoms with Gasteiger partial charge in [0.25, 0.3) is 5.56 Å². The van der Waals surface area contributed by atoms with Gasteiger partial charge >= 0.3 is 0 Å². The fourth-order valence-corrected chi connectivity index (χ4v) is 3.44. The molecule has 1 saturated heterocycles. The molecule has 1 aromatic heterocycles. The molecule has 3 rings (SSSR count). The Labute approximate surface area is 144 Å². The van der Waals surface area contributed by atoms with Crippen LogP contribution in [-0.4, -0.2) is 52.3 Å². The molecular weight excluding hydrogens is 326 g/mol. The minimum Gasteiger partial charge on any atom is -0.497 e. The number of ether oxygens (including phenoxy) is 1. The number of carbonyl (C=O) groups is 1. The summed E-state index contributed by atoms with van der Waals surface area (Å²) in [6.45, 7) is 1.43. The van der Waals surface area contributed by atoms with Gasteiger partial charge in [0.15, 0.2) is 0 Å². The van der Waals surface area contributed by atoms with E-state index in [9.17, 15) is 9.59 Å².